The monoisotopic (exact) mass is 206 g/mol. The number of hydrogen-bond acceptors (Lipinski definition) is 4. The molecule has 2 unspecified atom stereocenters. The van der Waals surface area contributed by atoms with Gasteiger partial charge in [0.15, 0.2) is 0 Å². The second-order valence-corrected chi connectivity index (χ2v) is 4.32. The van der Waals surface area contributed by atoms with E-state index in [1.165, 1.54) is 6.42 Å². The molecule has 15 heavy (non-hydrogen) atoms. The lowest BCUT2D eigenvalue weighted by atomic mass is 10.2. The van der Waals surface area contributed by atoms with Crippen LogP contribution in [0.5, 0.6) is 0 Å². The van der Waals surface area contributed by atoms with Crippen LogP contribution in [0.25, 0.3) is 0 Å². The molecule has 4 heteroatoms. The molecule has 1 heterocycles. The highest BCUT2D eigenvalue weighted by atomic mass is 15.1. The minimum atomic E-state index is 0.245. The molecule has 1 aromatic heterocycles. The van der Waals surface area contributed by atoms with Gasteiger partial charge >= 0.3 is 0 Å². The number of nitrogens with two attached hydrogens (primary N) is 1. The van der Waals surface area contributed by atoms with Crippen LogP contribution < -0.4 is 11.1 Å². The van der Waals surface area contributed by atoms with Crippen molar-refractivity contribution in [2.45, 2.75) is 45.2 Å². The summed E-state index contributed by atoms with van der Waals surface area (Å²) in [6.45, 7) is 3.96. The third-order valence-corrected chi connectivity index (χ3v) is 2.87. The van der Waals surface area contributed by atoms with Crippen molar-refractivity contribution >= 4 is 5.95 Å². The van der Waals surface area contributed by atoms with Crippen molar-refractivity contribution in [2.75, 3.05) is 5.32 Å². The molecule has 1 aliphatic rings. The maximum absolute atomic E-state index is 5.98. The molecule has 1 fully saturated rings. The van der Waals surface area contributed by atoms with Crippen molar-refractivity contribution in [3.63, 3.8) is 0 Å². The van der Waals surface area contributed by atoms with Crippen LogP contribution in [0.2, 0.25) is 0 Å². The molecule has 0 radical (unpaired) electrons. The number of rotatable bonds is 2. The Morgan fingerprint density at radius 3 is 2.47 bits per heavy atom. The molecular formula is C11H18N4. The number of hydrogen-bond donors (Lipinski definition) is 2. The Labute approximate surface area is 90.3 Å². The molecule has 1 saturated carbocycles. The van der Waals surface area contributed by atoms with Crippen molar-refractivity contribution in [1.29, 1.82) is 0 Å². The van der Waals surface area contributed by atoms with Crippen LogP contribution >= 0.6 is 0 Å². The topological polar surface area (TPSA) is 63.8 Å². The smallest absolute Gasteiger partial charge is 0.223 e. The van der Waals surface area contributed by atoms with Gasteiger partial charge in [-0.25, -0.2) is 9.97 Å². The highest BCUT2D eigenvalue weighted by Crippen LogP contribution is 2.20. The lowest BCUT2D eigenvalue weighted by molar-refractivity contribution is 0.632. The van der Waals surface area contributed by atoms with E-state index in [-0.39, 0.29) is 6.04 Å². The summed E-state index contributed by atoms with van der Waals surface area (Å²) in [6, 6.07) is 2.56. The van der Waals surface area contributed by atoms with Crippen LogP contribution in [0.3, 0.4) is 0 Å². The molecule has 2 rings (SSSR count). The predicted molar refractivity (Wildman–Crippen MR) is 60.7 cm³/mol. The van der Waals surface area contributed by atoms with Crippen LogP contribution in [0.4, 0.5) is 5.95 Å². The van der Waals surface area contributed by atoms with Gasteiger partial charge < -0.3 is 11.1 Å². The summed E-state index contributed by atoms with van der Waals surface area (Å²) in [6.07, 6.45) is 3.42. The average Bonchev–Trinajstić information content (AvgIpc) is 2.50. The summed E-state index contributed by atoms with van der Waals surface area (Å²) in [5, 5.41) is 3.33. The van der Waals surface area contributed by atoms with E-state index < -0.39 is 0 Å². The first kappa shape index (κ1) is 10.4. The van der Waals surface area contributed by atoms with Crippen LogP contribution in [0, 0.1) is 13.8 Å². The van der Waals surface area contributed by atoms with Gasteiger partial charge in [-0.15, -0.1) is 0 Å². The number of nitrogens with zero attached hydrogens (tertiary/aromatic N) is 2. The zero-order chi connectivity index (χ0) is 10.8. The van der Waals surface area contributed by atoms with Crippen molar-refractivity contribution in [2.24, 2.45) is 5.73 Å². The van der Waals surface area contributed by atoms with Gasteiger partial charge in [-0.2, -0.15) is 0 Å². The molecule has 0 bridgehead atoms. The van der Waals surface area contributed by atoms with Crippen molar-refractivity contribution < 1.29 is 0 Å². The van der Waals surface area contributed by atoms with Gasteiger partial charge in [-0.1, -0.05) is 0 Å². The van der Waals surface area contributed by atoms with Gasteiger partial charge in [-0.3, -0.25) is 0 Å². The molecule has 0 aromatic carbocycles. The first-order chi connectivity index (χ1) is 7.15. The largest absolute Gasteiger partial charge is 0.350 e. The molecule has 0 saturated heterocycles. The van der Waals surface area contributed by atoms with Crippen LogP contribution in [0.15, 0.2) is 6.07 Å². The SMILES string of the molecule is Cc1cc(C)nc(NC2CCCC2N)n1. The van der Waals surface area contributed by atoms with E-state index in [0.29, 0.717) is 6.04 Å². The summed E-state index contributed by atoms with van der Waals surface area (Å²) in [4.78, 5) is 8.71. The minimum absolute atomic E-state index is 0.245. The van der Waals surface area contributed by atoms with Gasteiger partial charge in [0.2, 0.25) is 5.95 Å². The fourth-order valence-electron chi connectivity index (χ4n) is 2.12. The maximum Gasteiger partial charge on any atom is 0.223 e. The van der Waals surface area contributed by atoms with Gasteiger partial charge in [0, 0.05) is 23.5 Å². The van der Waals surface area contributed by atoms with E-state index in [1.807, 2.05) is 19.9 Å². The Morgan fingerprint density at radius 1 is 1.27 bits per heavy atom. The normalized spacial score (nSPS) is 25.5. The van der Waals surface area contributed by atoms with E-state index in [0.717, 1.165) is 30.2 Å². The molecular weight excluding hydrogens is 188 g/mol. The van der Waals surface area contributed by atoms with Crippen LogP contribution in [0.1, 0.15) is 30.7 Å². The Kier molecular flexibility index (Phi) is 2.86. The molecule has 1 aliphatic carbocycles. The number of anilines is 1. The third kappa shape index (κ3) is 2.45. The minimum Gasteiger partial charge on any atom is -0.350 e. The quantitative estimate of drug-likeness (QED) is 0.767. The van der Waals surface area contributed by atoms with Crippen LogP contribution in [-0.4, -0.2) is 22.1 Å². The summed E-state index contributed by atoms with van der Waals surface area (Å²) >= 11 is 0. The first-order valence-corrected chi connectivity index (χ1v) is 5.49. The van der Waals surface area contributed by atoms with E-state index in [1.54, 1.807) is 0 Å². The molecule has 3 N–H and O–H groups in total. The van der Waals surface area contributed by atoms with Crippen molar-refractivity contribution in [3.05, 3.63) is 17.5 Å². The molecule has 0 aliphatic heterocycles. The Bertz CT molecular complexity index is 330. The Hall–Kier alpha value is -1.16. The summed E-state index contributed by atoms with van der Waals surface area (Å²) in [5.74, 6) is 0.717. The highest BCUT2D eigenvalue weighted by Gasteiger charge is 2.24. The van der Waals surface area contributed by atoms with Crippen LogP contribution in [-0.2, 0) is 0 Å². The lowest BCUT2D eigenvalue weighted by Crippen LogP contribution is -2.35. The Balaban J connectivity index is 2.10. The van der Waals surface area contributed by atoms with E-state index in [9.17, 15) is 0 Å². The van der Waals surface area contributed by atoms with Gasteiger partial charge in [0.05, 0.1) is 0 Å². The number of aromatic nitrogens is 2. The van der Waals surface area contributed by atoms with Crippen molar-refractivity contribution in [1.82, 2.24) is 9.97 Å². The highest BCUT2D eigenvalue weighted by molar-refractivity contribution is 5.30. The average molecular weight is 206 g/mol. The van der Waals surface area contributed by atoms with E-state index in [2.05, 4.69) is 15.3 Å². The number of nitrogens with one attached hydrogen (secondary N) is 1. The predicted octanol–water partition coefficient (Wildman–Crippen LogP) is 1.39. The molecule has 2 atom stereocenters. The molecule has 82 valence electrons. The van der Waals surface area contributed by atoms with E-state index >= 15 is 0 Å². The van der Waals surface area contributed by atoms with E-state index in [4.69, 9.17) is 5.73 Å². The lowest BCUT2D eigenvalue weighted by Gasteiger charge is -2.17. The summed E-state index contributed by atoms with van der Waals surface area (Å²) in [5.41, 5.74) is 7.98. The van der Waals surface area contributed by atoms with Gasteiger partial charge in [0.1, 0.15) is 0 Å². The van der Waals surface area contributed by atoms with Gasteiger partial charge in [-0.05, 0) is 39.2 Å². The molecule has 0 spiro atoms. The Morgan fingerprint density at radius 2 is 1.93 bits per heavy atom. The summed E-state index contributed by atoms with van der Waals surface area (Å²) < 4.78 is 0. The van der Waals surface area contributed by atoms with Crippen molar-refractivity contribution in [3.8, 4) is 0 Å². The third-order valence-electron chi connectivity index (χ3n) is 2.87. The van der Waals surface area contributed by atoms with Gasteiger partial charge in [0.25, 0.3) is 0 Å². The summed E-state index contributed by atoms with van der Waals surface area (Å²) in [7, 11) is 0. The first-order valence-electron chi connectivity index (χ1n) is 5.49. The second kappa shape index (κ2) is 4.14. The molecule has 0 amide bonds. The second-order valence-electron chi connectivity index (χ2n) is 4.32. The fraction of sp³-hybridized carbons (Fsp3) is 0.636. The zero-order valence-electron chi connectivity index (χ0n) is 9.33. The standard InChI is InChI=1S/C11H18N4/c1-7-6-8(2)14-11(13-7)15-10-5-3-4-9(10)12/h6,9-10H,3-5,12H2,1-2H3,(H,13,14,15). The molecule has 1 aromatic rings. The molecule has 4 nitrogen and oxygen atoms in total. The number of aryl methyl sites for hydroxylation is 2. The fourth-order valence-corrected chi connectivity index (χ4v) is 2.12. The maximum atomic E-state index is 5.98. The zero-order valence-corrected chi connectivity index (χ0v) is 9.33.